The van der Waals surface area contributed by atoms with Gasteiger partial charge in [-0.2, -0.15) is 0 Å². The highest BCUT2D eigenvalue weighted by Crippen LogP contribution is 2.36. The standard InChI is InChI=1S/C42H48ClN3O8/c1-3-5-7-9-11-13-27-51-34-20-15-31(16-21-34)41(47)53-36-24-26-39(45-44-38-25-19-33(46(49)50)29-37(38)43)40(30-36)54-42(48)32-17-22-35(23-18-32)52-28-14-12-10-8-6-4-2/h15-26,29-30H,3-14,27-28H2,1-2H3. The zero-order valence-electron chi connectivity index (χ0n) is 31.0. The fourth-order valence-corrected chi connectivity index (χ4v) is 5.58. The lowest BCUT2D eigenvalue weighted by molar-refractivity contribution is -0.384. The predicted octanol–water partition coefficient (Wildman–Crippen LogP) is 12.6. The minimum Gasteiger partial charge on any atom is -0.494 e. The Balaban J connectivity index is 1.44. The molecule has 286 valence electrons. The Morgan fingerprint density at radius 3 is 1.57 bits per heavy atom. The molecule has 0 aliphatic rings. The van der Waals surface area contributed by atoms with Crippen LogP contribution in [0.3, 0.4) is 0 Å². The van der Waals surface area contributed by atoms with Crippen molar-refractivity contribution in [2.24, 2.45) is 10.2 Å². The van der Waals surface area contributed by atoms with Crippen LogP contribution in [0, 0.1) is 10.1 Å². The Morgan fingerprint density at radius 1 is 0.593 bits per heavy atom. The van der Waals surface area contributed by atoms with E-state index in [2.05, 4.69) is 24.1 Å². The van der Waals surface area contributed by atoms with Gasteiger partial charge in [0.05, 0.1) is 34.3 Å². The number of esters is 2. The van der Waals surface area contributed by atoms with E-state index in [1.54, 1.807) is 48.5 Å². The molecule has 0 spiro atoms. The van der Waals surface area contributed by atoms with Gasteiger partial charge >= 0.3 is 11.9 Å². The van der Waals surface area contributed by atoms with Crippen LogP contribution in [0.15, 0.2) is 95.2 Å². The van der Waals surface area contributed by atoms with Crippen LogP contribution < -0.4 is 18.9 Å². The first-order valence-electron chi connectivity index (χ1n) is 18.7. The average Bonchev–Trinajstić information content (AvgIpc) is 3.17. The van der Waals surface area contributed by atoms with E-state index in [0.717, 1.165) is 31.7 Å². The highest BCUT2D eigenvalue weighted by molar-refractivity contribution is 6.33. The van der Waals surface area contributed by atoms with Crippen molar-refractivity contribution >= 4 is 40.6 Å². The second kappa shape index (κ2) is 22.7. The van der Waals surface area contributed by atoms with Gasteiger partial charge in [0.15, 0.2) is 5.75 Å². The summed E-state index contributed by atoms with van der Waals surface area (Å²) < 4.78 is 23.0. The van der Waals surface area contributed by atoms with Gasteiger partial charge in [-0.1, -0.05) is 89.7 Å². The van der Waals surface area contributed by atoms with E-state index >= 15 is 0 Å². The number of hydrogen-bond acceptors (Lipinski definition) is 10. The number of ether oxygens (including phenoxy) is 4. The Bertz CT molecular complexity index is 1830. The fourth-order valence-electron chi connectivity index (χ4n) is 5.36. The molecule has 4 rings (SSSR count). The van der Waals surface area contributed by atoms with Crippen molar-refractivity contribution in [3.63, 3.8) is 0 Å². The number of azo groups is 1. The Kier molecular flexibility index (Phi) is 17.4. The molecule has 4 aromatic carbocycles. The highest BCUT2D eigenvalue weighted by atomic mass is 35.5. The minimum absolute atomic E-state index is 0.00896. The second-order valence-corrected chi connectivity index (χ2v) is 13.2. The first-order chi connectivity index (χ1) is 26.3. The molecule has 0 aliphatic heterocycles. The lowest BCUT2D eigenvalue weighted by atomic mass is 10.1. The molecule has 0 fully saturated rings. The molecule has 11 nitrogen and oxygen atoms in total. The van der Waals surface area contributed by atoms with Crippen LogP contribution in [0.4, 0.5) is 17.1 Å². The van der Waals surface area contributed by atoms with E-state index in [0.29, 0.717) is 30.3 Å². The van der Waals surface area contributed by atoms with Crippen molar-refractivity contribution < 1.29 is 33.5 Å². The number of nitro benzene ring substituents is 1. The molecule has 0 N–H and O–H groups in total. The van der Waals surface area contributed by atoms with Gasteiger partial charge in [0.25, 0.3) is 5.69 Å². The number of nitrogens with zero attached hydrogens (tertiary/aromatic N) is 3. The topological polar surface area (TPSA) is 139 Å². The largest absolute Gasteiger partial charge is 0.494 e. The number of carbonyl (C=O) groups excluding carboxylic acids is 2. The molecule has 0 aromatic heterocycles. The normalized spacial score (nSPS) is 11.0. The van der Waals surface area contributed by atoms with Crippen molar-refractivity contribution in [3.8, 4) is 23.0 Å². The van der Waals surface area contributed by atoms with Crippen LogP contribution in [0.1, 0.15) is 112 Å². The van der Waals surface area contributed by atoms with E-state index in [1.165, 1.54) is 81.7 Å². The quantitative estimate of drug-likeness (QED) is 0.0182. The molecule has 12 heteroatoms. The highest BCUT2D eigenvalue weighted by Gasteiger charge is 2.17. The maximum atomic E-state index is 13.3. The Morgan fingerprint density at radius 2 is 1.06 bits per heavy atom. The van der Waals surface area contributed by atoms with Crippen LogP contribution >= 0.6 is 11.6 Å². The van der Waals surface area contributed by atoms with Crippen molar-refractivity contribution in [2.45, 2.75) is 90.9 Å². The summed E-state index contributed by atoms with van der Waals surface area (Å²) in [4.78, 5) is 36.9. The first kappa shape index (κ1) is 41.5. The van der Waals surface area contributed by atoms with Crippen LogP contribution in [0.5, 0.6) is 23.0 Å². The van der Waals surface area contributed by atoms with E-state index < -0.39 is 16.9 Å². The first-order valence-corrected chi connectivity index (χ1v) is 19.0. The molecule has 0 atom stereocenters. The number of non-ortho nitro benzene ring substituents is 1. The summed E-state index contributed by atoms with van der Waals surface area (Å²) in [7, 11) is 0. The lowest BCUT2D eigenvalue weighted by Gasteiger charge is -2.11. The summed E-state index contributed by atoms with van der Waals surface area (Å²) >= 11 is 6.21. The number of unbranched alkanes of at least 4 members (excludes halogenated alkanes) is 10. The minimum atomic E-state index is -0.692. The van der Waals surface area contributed by atoms with Crippen molar-refractivity contribution in [2.75, 3.05) is 13.2 Å². The molecule has 0 saturated heterocycles. The number of carbonyl (C=O) groups is 2. The van der Waals surface area contributed by atoms with Gasteiger partial charge in [0.2, 0.25) is 0 Å². The Labute approximate surface area is 321 Å². The van der Waals surface area contributed by atoms with Gasteiger partial charge in [-0.25, -0.2) is 9.59 Å². The maximum Gasteiger partial charge on any atom is 0.343 e. The van der Waals surface area contributed by atoms with Gasteiger partial charge in [-0.05, 0) is 79.6 Å². The van der Waals surface area contributed by atoms with Crippen LogP contribution in [-0.2, 0) is 0 Å². The lowest BCUT2D eigenvalue weighted by Crippen LogP contribution is -2.10. The molecule has 0 saturated carbocycles. The van der Waals surface area contributed by atoms with E-state index in [1.807, 2.05) is 0 Å². The zero-order valence-corrected chi connectivity index (χ0v) is 31.7. The third-order valence-electron chi connectivity index (χ3n) is 8.47. The van der Waals surface area contributed by atoms with Gasteiger partial charge in [0, 0.05) is 18.2 Å². The third kappa shape index (κ3) is 13.9. The number of rotatable bonds is 23. The molecule has 0 unspecified atom stereocenters. The van der Waals surface area contributed by atoms with Gasteiger partial charge in [-0.15, -0.1) is 10.2 Å². The van der Waals surface area contributed by atoms with Crippen molar-refractivity contribution in [1.82, 2.24) is 0 Å². The van der Waals surface area contributed by atoms with E-state index in [9.17, 15) is 19.7 Å². The number of halogens is 1. The van der Waals surface area contributed by atoms with Crippen molar-refractivity contribution in [3.05, 3.63) is 111 Å². The van der Waals surface area contributed by atoms with Crippen LogP contribution in [0.25, 0.3) is 0 Å². The number of benzene rings is 4. The predicted molar refractivity (Wildman–Crippen MR) is 209 cm³/mol. The smallest absolute Gasteiger partial charge is 0.343 e. The maximum absolute atomic E-state index is 13.3. The average molecular weight is 758 g/mol. The number of nitro groups is 1. The third-order valence-corrected chi connectivity index (χ3v) is 8.77. The Hall–Kier alpha value is -5.29. The summed E-state index contributed by atoms with van der Waals surface area (Å²) in [6.07, 6.45) is 13.9. The van der Waals surface area contributed by atoms with Crippen LogP contribution in [-0.4, -0.2) is 30.1 Å². The van der Waals surface area contributed by atoms with E-state index in [4.69, 9.17) is 30.5 Å². The molecule has 54 heavy (non-hydrogen) atoms. The second-order valence-electron chi connectivity index (χ2n) is 12.8. The molecule has 4 aromatic rings. The summed E-state index contributed by atoms with van der Waals surface area (Å²) in [5.41, 5.74) is 0.628. The molecule has 0 aliphatic carbocycles. The summed E-state index contributed by atoms with van der Waals surface area (Å²) in [5, 5.41) is 19.4. The van der Waals surface area contributed by atoms with Crippen molar-refractivity contribution in [1.29, 1.82) is 0 Å². The molecule has 0 heterocycles. The molecule has 0 bridgehead atoms. The van der Waals surface area contributed by atoms with E-state index in [-0.39, 0.29) is 39.1 Å². The summed E-state index contributed by atoms with van der Waals surface area (Å²) in [6, 6.07) is 21.4. The summed E-state index contributed by atoms with van der Waals surface area (Å²) in [6.45, 7) is 5.58. The van der Waals surface area contributed by atoms with Gasteiger partial charge < -0.3 is 18.9 Å². The molecule has 0 radical (unpaired) electrons. The molecule has 0 amide bonds. The number of hydrogen-bond donors (Lipinski definition) is 0. The van der Waals surface area contributed by atoms with Crippen LogP contribution in [0.2, 0.25) is 5.02 Å². The molecular weight excluding hydrogens is 710 g/mol. The summed E-state index contributed by atoms with van der Waals surface area (Å²) in [5.74, 6) is 0.0296. The molecular formula is C42H48ClN3O8. The zero-order chi connectivity index (χ0) is 38.5. The van der Waals surface area contributed by atoms with Gasteiger partial charge in [-0.3, -0.25) is 10.1 Å². The van der Waals surface area contributed by atoms with Gasteiger partial charge in [0.1, 0.15) is 28.6 Å². The fraction of sp³-hybridized carbons (Fsp3) is 0.381. The monoisotopic (exact) mass is 757 g/mol. The SMILES string of the molecule is CCCCCCCCOc1ccc(C(=O)Oc2ccc(N=Nc3ccc([N+](=O)[O-])cc3Cl)c(OC(=O)c3ccc(OCCCCCCCC)cc3)c2)cc1.